The Morgan fingerprint density at radius 1 is 1.17 bits per heavy atom. The first-order valence-corrected chi connectivity index (χ1v) is 13.8. The van der Waals surface area contributed by atoms with Crippen LogP contribution in [0.5, 0.6) is 23.0 Å². The number of nitrogens with zero attached hydrogens (tertiary/aromatic N) is 2. The Morgan fingerprint density at radius 2 is 1.95 bits per heavy atom. The van der Waals surface area contributed by atoms with Crippen LogP contribution < -0.4 is 29.1 Å². The van der Waals surface area contributed by atoms with Crippen molar-refractivity contribution >= 4 is 40.7 Å². The molecule has 2 aliphatic rings. The fourth-order valence-corrected chi connectivity index (χ4v) is 6.04. The first kappa shape index (κ1) is 26.7. The number of methoxy groups -OCH3 is 1. The normalized spacial score (nSPS) is 15.9. The van der Waals surface area contributed by atoms with Crippen molar-refractivity contribution in [1.82, 2.24) is 4.57 Å². The first-order valence-electron chi connectivity index (χ1n) is 12.6. The van der Waals surface area contributed by atoms with Gasteiger partial charge in [0.05, 0.1) is 40.6 Å². The lowest BCUT2D eigenvalue weighted by molar-refractivity contribution is -0.138. The highest BCUT2D eigenvalue weighted by Crippen LogP contribution is 2.40. The highest BCUT2D eigenvalue weighted by molar-refractivity contribution is 7.07. The smallest absolute Gasteiger partial charge is 0.338 e. The topological polar surface area (TPSA) is 109 Å². The summed E-state index contributed by atoms with van der Waals surface area (Å²) in [6, 6.07) is 16.9. The van der Waals surface area contributed by atoms with E-state index < -0.39 is 12.0 Å². The third-order valence-corrected chi connectivity index (χ3v) is 7.93. The molecule has 0 spiro atoms. The number of fused-ring (bicyclic) bond motifs is 2. The molecule has 0 unspecified atom stereocenters. The van der Waals surface area contributed by atoms with Crippen molar-refractivity contribution in [2.45, 2.75) is 13.0 Å². The van der Waals surface area contributed by atoms with Crippen molar-refractivity contribution in [2.24, 2.45) is 4.99 Å². The van der Waals surface area contributed by atoms with Crippen LogP contribution in [0.1, 0.15) is 29.7 Å². The summed E-state index contributed by atoms with van der Waals surface area (Å²) >= 11 is 7.37. The number of thiazole rings is 1. The zero-order valence-electron chi connectivity index (χ0n) is 21.9. The summed E-state index contributed by atoms with van der Waals surface area (Å²) in [4.78, 5) is 32.9. The van der Waals surface area contributed by atoms with Crippen molar-refractivity contribution in [3.05, 3.63) is 108 Å². The van der Waals surface area contributed by atoms with Crippen LogP contribution in [-0.2, 0) is 9.53 Å². The Balaban J connectivity index is 1.64. The summed E-state index contributed by atoms with van der Waals surface area (Å²) in [7, 11) is 1.41. The lowest BCUT2D eigenvalue weighted by atomic mass is 9.93. The van der Waals surface area contributed by atoms with E-state index in [4.69, 9.17) is 35.5 Å². The maximum Gasteiger partial charge on any atom is 0.338 e. The SMILES string of the molecule is CCOC(=O)C1=C(c2ccccc2)N=c2s/c(=C\c3cc(Cl)c(O)c(OC)c3)c(=O)n2[C@@H]1c1ccc2c(c1)OCO2. The molecular weight excluding hydrogens is 568 g/mol. The summed E-state index contributed by atoms with van der Waals surface area (Å²) in [5.41, 5.74) is 2.15. The van der Waals surface area contributed by atoms with Gasteiger partial charge in [-0.05, 0) is 48.4 Å². The number of ether oxygens (including phenoxy) is 4. The molecule has 0 amide bonds. The lowest BCUT2D eigenvalue weighted by Gasteiger charge is -2.26. The quantitative estimate of drug-likeness (QED) is 0.338. The van der Waals surface area contributed by atoms with Crippen LogP contribution in [0.4, 0.5) is 0 Å². The van der Waals surface area contributed by atoms with Crippen LogP contribution in [-0.4, -0.2) is 36.2 Å². The van der Waals surface area contributed by atoms with Crippen LogP contribution in [0.2, 0.25) is 5.02 Å². The van der Waals surface area contributed by atoms with Gasteiger partial charge in [-0.3, -0.25) is 9.36 Å². The molecule has 9 nitrogen and oxygen atoms in total. The Kier molecular flexibility index (Phi) is 7.02. The minimum atomic E-state index is -0.866. The highest BCUT2D eigenvalue weighted by Gasteiger charge is 2.36. The summed E-state index contributed by atoms with van der Waals surface area (Å²) in [6.07, 6.45) is 1.64. The van der Waals surface area contributed by atoms with E-state index in [9.17, 15) is 14.7 Å². The molecule has 1 aromatic heterocycles. The average Bonchev–Trinajstić information content (AvgIpc) is 3.58. The number of carbonyl (C=O) groups excluding carboxylic acids is 1. The molecular formula is C30H23ClN2O7S. The van der Waals surface area contributed by atoms with Crippen LogP contribution >= 0.6 is 22.9 Å². The van der Waals surface area contributed by atoms with Gasteiger partial charge in [-0.15, -0.1) is 0 Å². The maximum atomic E-state index is 14.0. The summed E-state index contributed by atoms with van der Waals surface area (Å²) < 4.78 is 23.7. The minimum Gasteiger partial charge on any atom is -0.503 e. The van der Waals surface area contributed by atoms with E-state index in [1.165, 1.54) is 29.1 Å². The molecule has 3 aromatic carbocycles. The third kappa shape index (κ3) is 4.75. The number of carbonyl (C=O) groups is 1. The molecule has 0 saturated carbocycles. The van der Waals surface area contributed by atoms with E-state index >= 15 is 0 Å². The number of hydrogen-bond acceptors (Lipinski definition) is 9. The van der Waals surface area contributed by atoms with Crippen LogP contribution in [0, 0.1) is 0 Å². The molecule has 1 N–H and O–H groups in total. The number of benzene rings is 3. The van der Waals surface area contributed by atoms with Gasteiger partial charge in [-0.1, -0.05) is 59.3 Å². The fraction of sp³-hybridized carbons (Fsp3) is 0.167. The second-order valence-corrected chi connectivity index (χ2v) is 10.5. The Morgan fingerprint density at radius 3 is 2.71 bits per heavy atom. The number of rotatable bonds is 6. The van der Waals surface area contributed by atoms with Gasteiger partial charge >= 0.3 is 5.97 Å². The molecule has 1 atom stereocenters. The number of phenols is 1. The summed E-state index contributed by atoms with van der Waals surface area (Å²) in [6.45, 7) is 1.95. The Labute approximate surface area is 242 Å². The van der Waals surface area contributed by atoms with Crippen molar-refractivity contribution in [3.8, 4) is 23.0 Å². The van der Waals surface area contributed by atoms with Gasteiger partial charge in [-0.25, -0.2) is 9.79 Å². The monoisotopic (exact) mass is 590 g/mol. The molecule has 3 heterocycles. The predicted molar refractivity (Wildman–Crippen MR) is 153 cm³/mol. The van der Waals surface area contributed by atoms with Gasteiger partial charge in [0.1, 0.15) is 0 Å². The van der Waals surface area contributed by atoms with E-state index in [1.54, 1.807) is 37.3 Å². The van der Waals surface area contributed by atoms with E-state index in [2.05, 4.69) is 0 Å². The number of esters is 1. The largest absolute Gasteiger partial charge is 0.503 e. The van der Waals surface area contributed by atoms with E-state index in [-0.39, 0.29) is 41.1 Å². The van der Waals surface area contributed by atoms with Gasteiger partial charge in [-0.2, -0.15) is 0 Å². The van der Waals surface area contributed by atoms with Gasteiger partial charge in [0.25, 0.3) is 5.56 Å². The van der Waals surface area contributed by atoms with Crippen molar-refractivity contribution in [3.63, 3.8) is 0 Å². The third-order valence-electron chi connectivity index (χ3n) is 6.65. The average molecular weight is 591 g/mol. The molecule has 2 aliphatic heterocycles. The van der Waals surface area contributed by atoms with Crippen LogP contribution in [0.15, 0.2) is 76.0 Å². The zero-order chi connectivity index (χ0) is 28.7. The number of hydrogen-bond donors (Lipinski definition) is 1. The molecule has 6 rings (SSSR count). The second kappa shape index (κ2) is 10.8. The standard InChI is InChI=1S/C30H23ClN2O7S/c1-3-38-29(36)24-25(17-7-5-4-6-8-17)32-30-33(26(24)18-9-10-20-21(14-18)40-15-39-20)28(35)23(41-30)13-16-11-19(31)27(34)22(12-16)37-2/h4-14,26,34H,3,15H2,1-2H3/b23-13-/t26-/m1/s1. The number of phenolic OH excluding ortho intramolecular Hbond substituents is 1. The number of aromatic hydroxyl groups is 1. The summed E-state index contributed by atoms with van der Waals surface area (Å²) in [5, 5.41) is 10.2. The van der Waals surface area contributed by atoms with E-state index in [1.807, 2.05) is 30.3 Å². The molecule has 0 saturated heterocycles. The molecule has 208 valence electrons. The summed E-state index contributed by atoms with van der Waals surface area (Å²) in [5.74, 6) is 0.483. The minimum absolute atomic E-state index is 0.0794. The van der Waals surface area contributed by atoms with Gasteiger partial charge in [0.15, 0.2) is 27.8 Å². The molecule has 41 heavy (non-hydrogen) atoms. The van der Waals surface area contributed by atoms with E-state index in [0.29, 0.717) is 43.2 Å². The highest BCUT2D eigenvalue weighted by atomic mass is 35.5. The number of aromatic nitrogens is 1. The van der Waals surface area contributed by atoms with Crippen molar-refractivity contribution in [1.29, 1.82) is 0 Å². The van der Waals surface area contributed by atoms with Gasteiger partial charge < -0.3 is 24.1 Å². The first-order chi connectivity index (χ1) is 19.9. The maximum absolute atomic E-state index is 14.0. The Hall–Kier alpha value is -4.54. The molecule has 11 heteroatoms. The second-order valence-electron chi connectivity index (χ2n) is 9.10. The molecule has 0 aliphatic carbocycles. The zero-order valence-corrected chi connectivity index (χ0v) is 23.5. The van der Waals surface area contributed by atoms with Crippen LogP contribution in [0.25, 0.3) is 11.8 Å². The fourth-order valence-electron chi connectivity index (χ4n) is 4.82. The van der Waals surface area contributed by atoms with Gasteiger partial charge in [0, 0.05) is 5.56 Å². The predicted octanol–water partition coefficient (Wildman–Crippen LogP) is 4.03. The molecule has 0 fully saturated rings. The van der Waals surface area contributed by atoms with E-state index in [0.717, 1.165) is 0 Å². The van der Waals surface area contributed by atoms with Gasteiger partial charge in [0.2, 0.25) is 6.79 Å². The molecule has 0 radical (unpaired) electrons. The van der Waals surface area contributed by atoms with Crippen molar-refractivity contribution < 1.29 is 28.8 Å². The Bertz CT molecular complexity index is 1900. The molecule has 0 bridgehead atoms. The molecule has 4 aromatic rings. The van der Waals surface area contributed by atoms with Crippen molar-refractivity contribution in [2.75, 3.05) is 20.5 Å². The lowest BCUT2D eigenvalue weighted by Crippen LogP contribution is -2.40. The number of halogens is 1. The van der Waals surface area contributed by atoms with Crippen LogP contribution in [0.3, 0.4) is 0 Å².